The molecular weight excluding hydrogens is 312 g/mol. The summed E-state index contributed by atoms with van der Waals surface area (Å²) < 4.78 is 1.84. The molecule has 1 fully saturated rings. The van der Waals surface area contributed by atoms with Crippen LogP contribution in [0.4, 0.5) is 0 Å². The second kappa shape index (κ2) is 6.67. The zero-order chi connectivity index (χ0) is 17.2. The van der Waals surface area contributed by atoms with Crippen LogP contribution >= 0.6 is 0 Å². The van der Waals surface area contributed by atoms with Crippen molar-refractivity contribution in [3.05, 3.63) is 66.4 Å². The van der Waals surface area contributed by atoms with E-state index in [2.05, 4.69) is 29.0 Å². The van der Waals surface area contributed by atoms with Gasteiger partial charge in [0, 0.05) is 31.3 Å². The Morgan fingerprint density at radius 2 is 1.92 bits per heavy atom. The fourth-order valence-corrected chi connectivity index (χ4v) is 3.42. The molecule has 1 aliphatic carbocycles. The highest BCUT2D eigenvalue weighted by Crippen LogP contribution is 2.31. The summed E-state index contributed by atoms with van der Waals surface area (Å²) >= 11 is 0. The normalized spacial score (nSPS) is 15.7. The van der Waals surface area contributed by atoms with Gasteiger partial charge in [-0.25, -0.2) is 9.97 Å². The van der Waals surface area contributed by atoms with E-state index in [4.69, 9.17) is 0 Å². The van der Waals surface area contributed by atoms with Gasteiger partial charge in [0.1, 0.15) is 0 Å². The van der Waals surface area contributed by atoms with Crippen molar-refractivity contribution in [2.75, 3.05) is 6.54 Å². The lowest BCUT2D eigenvalue weighted by molar-refractivity contribution is 0.0609. The fraction of sp³-hybridized carbons (Fsp3) is 0.350. The van der Waals surface area contributed by atoms with Gasteiger partial charge in [0.05, 0.1) is 6.04 Å². The van der Waals surface area contributed by atoms with Crippen LogP contribution < -0.4 is 0 Å². The number of hydrogen-bond acceptors (Lipinski definition) is 3. The molecule has 25 heavy (non-hydrogen) atoms. The molecule has 0 unspecified atom stereocenters. The molecule has 0 N–H and O–H groups in total. The van der Waals surface area contributed by atoms with Crippen molar-refractivity contribution in [3.63, 3.8) is 0 Å². The average molecular weight is 334 g/mol. The zero-order valence-corrected chi connectivity index (χ0v) is 14.4. The minimum atomic E-state index is -0.0416. The van der Waals surface area contributed by atoms with Crippen LogP contribution in [0.1, 0.15) is 48.3 Å². The van der Waals surface area contributed by atoms with E-state index in [1.165, 1.54) is 19.3 Å². The van der Waals surface area contributed by atoms with E-state index in [-0.39, 0.29) is 11.9 Å². The minimum Gasteiger partial charge on any atom is -0.330 e. The topological polar surface area (TPSA) is 50.5 Å². The van der Waals surface area contributed by atoms with Gasteiger partial charge in [-0.15, -0.1) is 0 Å². The molecule has 2 aromatic heterocycles. The smallest absolute Gasteiger partial charge is 0.276 e. The molecule has 0 radical (unpaired) electrons. The lowest BCUT2D eigenvalue weighted by Gasteiger charge is -2.36. The minimum absolute atomic E-state index is 0.00585. The van der Waals surface area contributed by atoms with Crippen LogP contribution in [-0.2, 0) is 0 Å². The molecule has 1 amide bonds. The van der Waals surface area contributed by atoms with Gasteiger partial charge < -0.3 is 9.30 Å². The first-order valence-electron chi connectivity index (χ1n) is 8.87. The number of carbonyl (C=O) groups is 1. The van der Waals surface area contributed by atoms with Crippen LogP contribution in [0, 0.1) is 5.92 Å². The maximum Gasteiger partial charge on any atom is 0.276 e. The van der Waals surface area contributed by atoms with Gasteiger partial charge in [0.25, 0.3) is 5.91 Å². The van der Waals surface area contributed by atoms with Crippen molar-refractivity contribution in [1.82, 2.24) is 19.3 Å². The van der Waals surface area contributed by atoms with Gasteiger partial charge in [0.15, 0.2) is 11.3 Å². The molecule has 4 rings (SSSR count). The maximum absolute atomic E-state index is 13.4. The predicted molar refractivity (Wildman–Crippen MR) is 96.2 cm³/mol. The van der Waals surface area contributed by atoms with E-state index >= 15 is 0 Å². The molecule has 1 saturated carbocycles. The van der Waals surface area contributed by atoms with Gasteiger partial charge in [0.2, 0.25) is 0 Å². The number of amides is 1. The van der Waals surface area contributed by atoms with Crippen LogP contribution in [0.2, 0.25) is 0 Å². The first-order valence-corrected chi connectivity index (χ1v) is 8.87. The third-order valence-electron chi connectivity index (χ3n) is 5.20. The predicted octanol–water partition coefficient (Wildman–Crippen LogP) is 3.73. The SMILES string of the molecule is C[C@@H](c1ccccc1)N(CC1CCC1)C(=O)c1nccn2ccnc12. The second-order valence-corrected chi connectivity index (χ2v) is 6.78. The van der Waals surface area contributed by atoms with E-state index < -0.39 is 0 Å². The van der Waals surface area contributed by atoms with Crippen molar-refractivity contribution in [2.24, 2.45) is 5.92 Å². The van der Waals surface area contributed by atoms with Crippen LogP contribution in [0.3, 0.4) is 0 Å². The standard InChI is InChI=1S/C20H22N4O/c1-15(17-8-3-2-4-9-17)24(14-16-6-5-7-16)20(25)18-19-22-11-13-23(19)12-10-21-18/h2-4,8-13,15-16H,5-7,14H2,1H3/t15-/m0/s1. The molecule has 2 heterocycles. The Morgan fingerprint density at radius 3 is 2.60 bits per heavy atom. The molecule has 5 nitrogen and oxygen atoms in total. The Kier molecular flexibility index (Phi) is 4.22. The van der Waals surface area contributed by atoms with Crippen LogP contribution in [0.5, 0.6) is 0 Å². The third kappa shape index (κ3) is 3.02. The second-order valence-electron chi connectivity index (χ2n) is 6.78. The van der Waals surface area contributed by atoms with Crippen LogP contribution in [0.25, 0.3) is 5.65 Å². The lowest BCUT2D eigenvalue weighted by Crippen LogP contribution is -2.39. The Morgan fingerprint density at radius 1 is 1.20 bits per heavy atom. The monoisotopic (exact) mass is 334 g/mol. The van der Waals surface area contributed by atoms with E-state index in [0.717, 1.165) is 12.1 Å². The number of imidazole rings is 1. The highest BCUT2D eigenvalue weighted by molar-refractivity contribution is 5.98. The highest BCUT2D eigenvalue weighted by atomic mass is 16.2. The molecule has 5 heteroatoms. The summed E-state index contributed by atoms with van der Waals surface area (Å²) in [5.74, 6) is 0.551. The van der Waals surface area contributed by atoms with Crippen LogP contribution in [-0.4, -0.2) is 31.7 Å². The van der Waals surface area contributed by atoms with Crippen molar-refractivity contribution in [2.45, 2.75) is 32.2 Å². The van der Waals surface area contributed by atoms with Crippen molar-refractivity contribution < 1.29 is 4.79 Å². The Labute approximate surface area is 147 Å². The molecule has 1 aromatic carbocycles. The zero-order valence-electron chi connectivity index (χ0n) is 14.4. The highest BCUT2D eigenvalue weighted by Gasteiger charge is 2.30. The summed E-state index contributed by atoms with van der Waals surface area (Å²) in [5.41, 5.74) is 2.19. The molecule has 1 aliphatic rings. The summed E-state index contributed by atoms with van der Waals surface area (Å²) in [4.78, 5) is 24.0. The van der Waals surface area contributed by atoms with Gasteiger partial charge >= 0.3 is 0 Å². The van der Waals surface area contributed by atoms with Crippen molar-refractivity contribution in [3.8, 4) is 0 Å². The number of fused-ring (bicyclic) bond motifs is 1. The Hall–Kier alpha value is -2.69. The first-order chi connectivity index (χ1) is 12.2. The molecule has 0 saturated heterocycles. The van der Waals surface area contributed by atoms with E-state index in [1.807, 2.05) is 39.9 Å². The number of nitrogens with zero attached hydrogens (tertiary/aromatic N) is 4. The third-order valence-corrected chi connectivity index (χ3v) is 5.20. The molecular formula is C20H22N4O. The van der Waals surface area contributed by atoms with Gasteiger partial charge in [-0.3, -0.25) is 4.79 Å². The van der Waals surface area contributed by atoms with Gasteiger partial charge in [-0.1, -0.05) is 36.8 Å². The number of benzene rings is 1. The van der Waals surface area contributed by atoms with E-state index in [1.54, 1.807) is 12.4 Å². The van der Waals surface area contributed by atoms with Crippen molar-refractivity contribution in [1.29, 1.82) is 0 Å². The van der Waals surface area contributed by atoms with E-state index in [9.17, 15) is 4.79 Å². The largest absolute Gasteiger partial charge is 0.330 e. The average Bonchev–Trinajstić information content (AvgIpc) is 3.09. The summed E-state index contributed by atoms with van der Waals surface area (Å²) in [6, 6.07) is 10.2. The summed E-state index contributed by atoms with van der Waals surface area (Å²) in [7, 11) is 0. The molecule has 3 aromatic rings. The maximum atomic E-state index is 13.4. The van der Waals surface area contributed by atoms with E-state index in [0.29, 0.717) is 17.3 Å². The molecule has 0 aliphatic heterocycles. The fourth-order valence-electron chi connectivity index (χ4n) is 3.42. The lowest BCUT2D eigenvalue weighted by atomic mass is 9.84. The van der Waals surface area contributed by atoms with Crippen molar-refractivity contribution >= 4 is 11.6 Å². The first kappa shape index (κ1) is 15.8. The number of carbonyl (C=O) groups excluding carboxylic acids is 1. The molecule has 1 atom stereocenters. The Bertz CT molecular complexity index is 870. The number of hydrogen-bond donors (Lipinski definition) is 0. The quantitative estimate of drug-likeness (QED) is 0.714. The number of rotatable bonds is 5. The summed E-state index contributed by atoms with van der Waals surface area (Å²) in [6.07, 6.45) is 10.7. The summed E-state index contributed by atoms with van der Waals surface area (Å²) in [5, 5.41) is 0. The van der Waals surface area contributed by atoms with Gasteiger partial charge in [-0.2, -0.15) is 0 Å². The summed E-state index contributed by atoms with van der Waals surface area (Å²) in [6.45, 7) is 2.87. The molecule has 0 spiro atoms. The van der Waals surface area contributed by atoms with Gasteiger partial charge in [-0.05, 0) is 31.2 Å². The Balaban J connectivity index is 1.69. The number of aromatic nitrogens is 3. The van der Waals surface area contributed by atoms with Crippen LogP contribution in [0.15, 0.2) is 55.1 Å². The molecule has 0 bridgehead atoms. The molecule has 128 valence electrons.